The number of hydrogen-bond donors (Lipinski definition) is 0. The average Bonchev–Trinajstić information content (AvgIpc) is 2.17. The fourth-order valence-electron chi connectivity index (χ4n) is 2.56. The fraction of sp³-hybridized carbons (Fsp3) is 0.818. The standard InChI is InChI=1S/C11H18S2/c1-9(2)11-6-4-3-5-10(11)7-12-13-8-11/h7,9H,3-6,8H2,1-2H3. The van der Waals surface area contributed by atoms with E-state index in [0.29, 0.717) is 5.41 Å². The minimum absolute atomic E-state index is 0.578. The summed E-state index contributed by atoms with van der Waals surface area (Å²) in [6.07, 6.45) is 5.67. The summed E-state index contributed by atoms with van der Waals surface area (Å²) >= 11 is 0. The van der Waals surface area contributed by atoms with Gasteiger partial charge in [0.2, 0.25) is 0 Å². The Hall–Kier alpha value is 0.440. The molecule has 1 aliphatic carbocycles. The van der Waals surface area contributed by atoms with Crippen LogP contribution < -0.4 is 0 Å². The lowest BCUT2D eigenvalue weighted by molar-refractivity contribution is 0.222. The average molecular weight is 214 g/mol. The Bertz CT molecular complexity index is 220. The molecule has 0 aromatic carbocycles. The van der Waals surface area contributed by atoms with Crippen molar-refractivity contribution in [2.75, 3.05) is 5.75 Å². The van der Waals surface area contributed by atoms with Crippen molar-refractivity contribution in [1.82, 2.24) is 0 Å². The Morgan fingerprint density at radius 3 is 2.92 bits per heavy atom. The predicted octanol–water partition coefficient (Wildman–Crippen LogP) is 4.48. The third-order valence-corrected chi connectivity index (χ3v) is 5.84. The van der Waals surface area contributed by atoms with Crippen molar-refractivity contribution in [1.29, 1.82) is 0 Å². The van der Waals surface area contributed by atoms with Crippen LogP contribution in [0.4, 0.5) is 0 Å². The predicted molar refractivity (Wildman–Crippen MR) is 63.9 cm³/mol. The van der Waals surface area contributed by atoms with Crippen molar-refractivity contribution in [2.24, 2.45) is 11.3 Å². The molecule has 74 valence electrons. The Morgan fingerprint density at radius 1 is 1.38 bits per heavy atom. The van der Waals surface area contributed by atoms with E-state index in [0.717, 1.165) is 5.92 Å². The van der Waals surface area contributed by atoms with E-state index in [1.807, 2.05) is 21.6 Å². The highest BCUT2D eigenvalue weighted by Gasteiger charge is 2.40. The summed E-state index contributed by atoms with van der Waals surface area (Å²) in [6, 6.07) is 0. The van der Waals surface area contributed by atoms with Crippen molar-refractivity contribution in [3.63, 3.8) is 0 Å². The first-order valence-electron chi connectivity index (χ1n) is 5.23. The maximum atomic E-state index is 2.44. The lowest BCUT2D eigenvalue weighted by Gasteiger charge is -2.44. The lowest BCUT2D eigenvalue weighted by atomic mass is 9.65. The third kappa shape index (κ3) is 1.68. The molecule has 1 heterocycles. The molecule has 0 bridgehead atoms. The first-order valence-corrected chi connectivity index (χ1v) is 7.62. The minimum atomic E-state index is 0.578. The normalized spacial score (nSPS) is 34.2. The number of allylic oxidation sites excluding steroid dienone is 1. The smallest absolute Gasteiger partial charge is 0.0137 e. The summed E-state index contributed by atoms with van der Waals surface area (Å²) < 4.78 is 0. The summed E-state index contributed by atoms with van der Waals surface area (Å²) in [5.41, 5.74) is 2.34. The highest BCUT2D eigenvalue weighted by molar-refractivity contribution is 8.77. The van der Waals surface area contributed by atoms with Crippen molar-refractivity contribution < 1.29 is 0 Å². The molecule has 2 rings (SSSR count). The van der Waals surface area contributed by atoms with Gasteiger partial charge in [-0.05, 0) is 30.6 Å². The maximum absolute atomic E-state index is 2.44. The second-order valence-electron chi connectivity index (χ2n) is 4.52. The third-order valence-electron chi connectivity index (χ3n) is 3.64. The van der Waals surface area contributed by atoms with Gasteiger partial charge in [0.25, 0.3) is 0 Å². The monoisotopic (exact) mass is 214 g/mol. The quantitative estimate of drug-likeness (QED) is 0.590. The van der Waals surface area contributed by atoms with Gasteiger partial charge in [0.1, 0.15) is 0 Å². The van der Waals surface area contributed by atoms with E-state index in [1.54, 1.807) is 5.57 Å². The van der Waals surface area contributed by atoms with Crippen LogP contribution in [0, 0.1) is 11.3 Å². The molecular formula is C11H18S2. The van der Waals surface area contributed by atoms with E-state index in [-0.39, 0.29) is 0 Å². The van der Waals surface area contributed by atoms with Gasteiger partial charge in [0, 0.05) is 11.2 Å². The van der Waals surface area contributed by atoms with Crippen molar-refractivity contribution in [3.8, 4) is 0 Å². The molecule has 2 heteroatoms. The van der Waals surface area contributed by atoms with E-state index < -0.39 is 0 Å². The van der Waals surface area contributed by atoms with Gasteiger partial charge in [-0.3, -0.25) is 0 Å². The molecule has 0 N–H and O–H groups in total. The number of fused-ring (bicyclic) bond motifs is 1. The zero-order chi connectivity index (χ0) is 9.31. The van der Waals surface area contributed by atoms with E-state index in [1.165, 1.54) is 31.4 Å². The maximum Gasteiger partial charge on any atom is 0.0137 e. The summed E-state index contributed by atoms with van der Waals surface area (Å²) in [6.45, 7) is 4.80. The second-order valence-corrected chi connectivity index (χ2v) is 6.76. The van der Waals surface area contributed by atoms with Gasteiger partial charge in [-0.2, -0.15) is 0 Å². The van der Waals surface area contributed by atoms with Gasteiger partial charge < -0.3 is 0 Å². The molecule has 0 spiro atoms. The van der Waals surface area contributed by atoms with Crippen LogP contribution in [0.5, 0.6) is 0 Å². The molecule has 1 atom stereocenters. The second kappa shape index (κ2) is 3.90. The molecule has 1 fully saturated rings. The highest BCUT2D eigenvalue weighted by atomic mass is 33.1. The summed E-state index contributed by atoms with van der Waals surface area (Å²) in [4.78, 5) is 0. The van der Waals surface area contributed by atoms with Crippen LogP contribution in [-0.4, -0.2) is 5.75 Å². The summed E-state index contributed by atoms with van der Waals surface area (Å²) in [7, 11) is 4.00. The fourth-order valence-corrected chi connectivity index (χ4v) is 5.43. The number of hydrogen-bond acceptors (Lipinski definition) is 2. The Labute approximate surface area is 89.3 Å². The van der Waals surface area contributed by atoms with Gasteiger partial charge in [0.15, 0.2) is 0 Å². The van der Waals surface area contributed by atoms with Crippen LogP contribution >= 0.6 is 21.6 Å². The largest absolute Gasteiger partial charge is 0.0886 e. The van der Waals surface area contributed by atoms with Crippen LogP contribution in [0.15, 0.2) is 11.0 Å². The SMILES string of the molecule is CC(C)C12CCCCC1=CSSC2. The Balaban J connectivity index is 2.28. The van der Waals surface area contributed by atoms with Gasteiger partial charge in [-0.25, -0.2) is 0 Å². The van der Waals surface area contributed by atoms with Crippen molar-refractivity contribution in [3.05, 3.63) is 11.0 Å². The van der Waals surface area contributed by atoms with Gasteiger partial charge in [0.05, 0.1) is 0 Å². The topological polar surface area (TPSA) is 0 Å². The van der Waals surface area contributed by atoms with Crippen LogP contribution in [0.25, 0.3) is 0 Å². The molecule has 0 aromatic heterocycles. The highest BCUT2D eigenvalue weighted by Crippen LogP contribution is 2.54. The van der Waals surface area contributed by atoms with Gasteiger partial charge >= 0.3 is 0 Å². The van der Waals surface area contributed by atoms with Crippen LogP contribution in [0.3, 0.4) is 0 Å². The molecule has 1 aliphatic heterocycles. The molecule has 13 heavy (non-hydrogen) atoms. The Morgan fingerprint density at radius 2 is 2.23 bits per heavy atom. The molecular weight excluding hydrogens is 196 g/mol. The first-order chi connectivity index (χ1) is 6.26. The molecule has 0 nitrogen and oxygen atoms in total. The van der Waals surface area contributed by atoms with E-state index in [9.17, 15) is 0 Å². The minimum Gasteiger partial charge on any atom is -0.0886 e. The number of rotatable bonds is 1. The van der Waals surface area contributed by atoms with E-state index in [2.05, 4.69) is 19.3 Å². The van der Waals surface area contributed by atoms with Gasteiger partial charge in [-0.15, -0.1) is 0 Å². The molecule has 1 saturated carbocycles. The molecule has 0 aromatic rings. The zero-order valence-electron chi connectivity index (χ0n) is 8.51. The first kappa shape index (κ1) is 9.97. The molecule has 1 unspecified atom stereocenters. The lowest BCUT2D eigenvalue weighted by Crippen LogP contribution is -2.35. The molecule has 0 radical (unpaired) electrons. The van der Waals surface area contributed by atoms with Crippen LogP contribution in [0.2, 0.25) is 0 Å². The summed E-state index contributed by atoms with van der Waals surface area (Å²) in [5, 5.41) is 2.44. The van der Waals surface area contributed by atoms with Gasteiger partial charge in [-0.1, -0.05) is 47.4 Å². The summed E-state index contributed by atoms with van der Waals surface area (Å²) in [5.74, 6) is 2.17. The van der Waals surface area contributed by atoms with Crippen LogP contribution in [-0.2, 0) is 0 Å². The van der Waals surface area contributed by atoms with Crippen molar-refractivity contribution >= 4 is 21.6 Å². The van der Waals surface area contributed by atoms with Crippen molar-refractivity contribution in [2.45, 2.75) is 39.5 Å². The van der Waals surface area contributed by atoms with E-state index in [4.69, 9.17) is 0 Å². The molecule has 0 amide bonds. The zero-order valence-corrected chi connectivity index (χ0v) is 10.1. The molecule has 0 saturated heterocycles. The van der Waals surface area contributed by atoms with E-state index >= 15 is 0 Å². The molecule has 2 aliphatic rings. The van der Waals surface area contributed by atoms with Crippen LogP contribution in [0.1, 0.15) is 39.5 Å². The Kier molecular flexibility index (Phi) is 2.99.